The van der Waals surface area contributed by atoms with Gasteiger partial charge in [0.15, 0.2) is 0 Å². The second-order valence-electron chi connectivity index (χ2n) is 10.3. The van der Waals surface area contributed by atoms with Gasteiger partial charge in [0.05, 0.1) is 19.6 Å². The summed E-state index contributed by atoms with van der Waals surface area (Å²) < 4.78 is 0. The van der Waals surface area contributed by atoms with Gasteiger partial charge in [-0.25, -0.2) is 9.80 Å². The van der Waals surface area contributed by atoms with Crippen LogP contribution in [0.25, 0.3) is 0 Å². The van der Waals surface area contributed by atoms with Gasteiger partial charge in [-0.2, -0.15) is 16.8 Å². The average Bonchev–Trinajstić information content (AvgIpc) is 3.01. The molecule has 2 fully saturated rings. The standard InChI is InChI=1S/C33H35N5O3S/c1-2-18-36-24-31(39)37-29(21-26-12-6-3-7-13-26)32(40)35(19-20-42-25-28-16-10-5-11-17-28)23-30(37)38(36)33(41)34-22-27-14-8-4-9-15-27/h1,3-17,29-30H,18-25H2,(H,34,41)/t29-,30-/m0/s1. The molecule has 3 aromatic rings. The van der Waals surface area contributed by atoms with Crippen molar-refractivity contribution in [3.8, 4) is 12.3 Å². The van der Waals surface area contributed by atoms with E-state index in [2.05, 4.69) is 23.4 Å². The second kappa shape index (κ2) is 14.1. The quantitative estimate of drug-likeness (QED) is 0.293. The molecule has 2 atom stereocenters. The van der Waals surface area contributed by atoms with Crippen LogP contribution in [-0.4, -0.2) is 81.8 Å². The van der Waals surface area contributed by atoms with Gasteiger partial charge in [-0.05, 0) is 16.7 Å². The zero-order valence-corrected chi connectivity index (χ0v) is 24.3. The van der Waals surface area contributed by atoms with E-state index in [1.54, 1.807) is 31.6 Å². The minimum atomic E-state index is -0.727. The monoisotopic (exact) mass is 581 g/mol. The number of nitrogens with zero attached hydrogens (tertiary/aromatic N) is 4. The van der Waals surface area contributed by atoms with E-state index in [1.807, 2.05) is 78.9 Å². The predicted molar refractivity (Wildman–Crippen MR) is 165 cm³/mol. The topological polar surface area (TPSA) is 76.2 Å². The third-order valence-electron chi connectivity index (χ3n) is 7.49. The number of piperazine rings is 1. The number of terminal acetylenes is 1. The Morgan fingerprint density at radius 1 is 0.905 bits per heavy atom. The Hall–Kier alpha value is -4.26. The van der Waals surface area contributed by atoms with Crippen molar-refractivity contribution in [2.45, 2.75) is 30.9 Å². The molecule has 2 aliphatic heterocycles. The fourth-order valence-electron chi connectivity index (χ4n) is 5.47. The highest BCUT2D eigenvalue weighted by Gasteiger charge is 2.51. The zero-order chi connectivity index (χ0) is 29.3. The molecule has 2 aliphatic rings. The summed E-state index contributed by atoms with van der Waals surface area (Å²) in [4.78, 5) is 44.7. The summed E-state index contributed by atoms with van der Waals surface area (Å²) in [6.07, 6.45) is 5.35. The van der Waals surface area contributed by atoms with Crippen LogP contribution in [0.5, 0.6) is 0 Å². The molecule has 0 unspecified atom stereocenters. The molecule has 42 heavy (non-hydrogen) atoms. The van der Waals surface area contributed by atoms with Crippen LogP contribution >= 0.6 is 11.8 Å². The maximum absolute atomic E-state index is 13.9. The molecule has 0 aromatic heterocycles. The van der Waals surface area contributed by atoms with E-state index in [1.165, 1.54) is 5.56 Å². The lowest BCUT2D eigenvalue weighted by Gasteiger charge is -2.55. The summed E-state index contributed by atoms with van der Waals surface area (Å²) in [6.45, 7) is 1.06. The molecule has 0 radical (unpaired) electrons. The van der Waals surface area contributed by atoms with Crippen LogP contribution in [0.2, 0.25) is 0 Å². The molecule has 2 saturated heterocycles. The van der Waals surface area contributed by atoms with E-state index in [0.717, 1.165) is 22.6 Å². The van der Waals surface area contributed by atoms with Crippen LogP contribution < -0.4 is 5.32 Å². The van der Waals surface area contributed by atoms with Crippen molar-refractivity contribution in [3.05, 3.63) is 108 Å². The summed E-state index contributed by atoms with van der Waals surface area (Å²) >= 11 is 1.75. The molecule has 1 N–H and O–H groups in total. The van der Waals surface area contributed by atoms with Gasteiger partial charge in [-0.15, -0.1) is 6.42 Å². The third-order valence-corrected chi connectivity index (χ3v) is 8.50. The molecule has 0 spiro atoms. The Kier molecular flexibility index (Phi) is 9.80. The smallest absolute Gasteiger partial charge is 0.334 e. The van der Waals surface area contributed by atoms with Crippen molar-refractivity contribution in [3.63, 3.8) is 0 Å². The number of nitrogens with one attached hydrogen (secondary N) is 1. The van der Waals surface area contributed by atoms with Crippen molar-refractivity contribution >= 4 is 29.6 Å². The molecule has 216 valence electrons. The lowest BCUT2D eigenvalue weighted by molar-refractivity contribution is -0.188. The van der Waals surface area contributed by atoms with Crippen LogP contribution in [0, 0.1) is 12.3 Å². The largest absolute Gasteiger partial charge is 0.336 e. The van der Waals surface area contributed by atoms with Gasteiger partial charge >= 0.3 is 6.03 Å². The fourth-order valence-corrected chi connectivity index (χ4v) is 6.39. The second-order valence-corrected chi connectivity index (χ2v) is 11.4. The lowest BCUT2D eigenvalue weighted by Crippen LogP contribution is -2.76. The van der Waals surface area contributed by atoms with Gasteiger partial charge in [0, 0.05) is 31.0 Å². The summed E-state index contributed by atoms with van der Waals surface area (Å²) in [5.41, 5.74) is 3.13. The summed E-state index contributed by atoms with van der Waals surface area (Å²) in [5.74, 6) is 3.85. The minimum absolute atomic E-state index is 0.0784. The van der Waals surface area contributed by atoms with Crippen LogP contribution in [0.15, 0.2) is 91.0 Å². The molecule has 3 aromatic carbocycles. The number of benzene rings is 3. The first-order valence-corrected chi connectivity index (χ1v) is 15.3. The van der Waals surface area contributed by atoms with Crippen molar-refractivity contribution in [1.29, 1.82) is 0 Å². The fraction of sp³-hybridized carbons (Fsp3) is 0.303. The van der Waals surface area contributed by atoms with E-state index in [-0.39, 0.29) is 37.5 Å². The van der Waals surface area contributed by atoms with Gasteiger partial charge in [0.2, 0.25) is 11.8 Å². The average molecular weight is 582 g/mol. The number of carbonyl (C=O) groups is 3. The number of urea groups is 1. The Bertz CT molecular complexity index is 1400. The van der Waals surface area contributed by atoms with E-state index >= 15 is 0 Å². The van der Waals surface area contributed by atoms with Gasteiger partial charge < -0.3 is 15.1 Å². The van der Waals surface area contributed by atoms with Crippen LogP contribution in [-0.2, 0) is 28.3 Å². The molecule has 5 rings (SSSR count). The summed E-state index contributed by atoms with van der Waals surface area (Å²) in [5, 5.41) is 6.16. The number of rotatable bonds is 10. The highest BCUT2D eigenvalue weighted by molar-refractivity contribution is 7.98. The molecular weight excluding hydrogens is 546 g/mol. The molecule has 4 amide bonds. The van der Waals surface area contributed by atoms with Crippen molar-refractivity contribution in [2.24, 2.45) is 0 Å². The normalized spacial score (nSPS) is 18.9. The van der Waals surface area contributed by atoms with Crippen molar-refractivity contribution in [1.82, 2.24) is 25.1 Å². The number of thioether (sulfide) groups is 1. The third kappa shape index (κ3) is 6.96. The van der Waals surface area contributed by atoms with Gasteiger partial charge in [-0.3, -0.25) is 9.59 Å². The first-order chi connectivity index (χ1) is 20.5. The first kappa shape index (κ1) is 29.2. The highest BCUT2D eigenvalue weighted by Crippen LogP contribution is 2.28. The van der Waals surface area contributed by atoms with Crippen LogP contribution in [0.4, 0.5) is 4.79 Å². The Balaban J connectivity index is 1.39. The number of hydrazine groups is 1. The van der Waals surface area contributed by atoms with E-state index in [0.29, 0.717) is 19.5 Å². The number of carbonyl (C=O) groups excluding carboxylic acids is 3. The van der Waals surface area contributed by atoms with Crippen LogP contribution in [0.3, 0.4) is 0 Å². The minimum Gasteiger partial charge on any atom is -0.336 e. The Morgan fingerprint density at radius 2 is 1.52 bits per heavy atom. The predicted octanol–water partition coefficient (Wildman–Crippen LogP) is 3.60. The molecule has 2 heterocycles. The van der Waals surface area contributed by atoms with E-state index < -0.39 is 12.2 Å². The van der Waals surface area contributed by atoms with Crippen molar-refractivity contribution in [2.75, 3.05) is 31.9 Å². The molecule has 0 bridgehead atoms. The van der Waals surface area contributed by atoms with Crippen molar-refractivity contribution < 1.29 is 14.4 Å². The molecule has 8 nitrogen and oxygen atoms in total. The molecule has 0 saturated carbocycles. The SMILES string of the molecule is C#CCN1CC(=O)N2[C@@H](Cc3ccccc3)C(=O)N(CCSCc3ccccc3)C[C@@H]2N1C(=O)NCc1ccccc1. The Morgan fingerprint density at radius 3 is 2.17 bits per heavy atom. The van der Waals surface area contributed by atoms with Gasteiger partial charge in [-0.1, -0.05) is 96.9 Å². The molecule has 9 heteroatoms. The van der Waals surface area contributed by atoms with Gasteiger partial charge in [0.25, 0.3) is 0 Å². The number of amides is 4. The maximum atomic E-state index is 13.9. The summed E-state index contributed by atoms with van der Waals surface area (Å²) in [6, 6.07) is 28.5. The maximum Gasteiger partial charge on any atom is 0.334 e. The zero-order valence-electron chi connectivity index (χ0n) is 23.5. The van der Waals surface area contributed by atoms with E-state index in [9.17, 15) is 14.4 Å². The number of fused-ring (bicyclic) bond motifs is 1. The van der Waals surface area contributed by atoms with E-state index in [4.69, 9.17) is 6.42 Å². The highest BCUT2D eigenvalue weighted by atomic mass is 32.2. The number of hydrogen-bond donors (Lipinski definition) is 1. The molecule has 0 aliphatic carbocycles. The number of hydrogen-bond acceptors (Lipinski definition) is 5. The first-order valence-electron chi connectivity index (χ1n) is 14.1. The Labute approximate surface area is 251 Å². The molecular formula is C33H35N5O3S. The lowest BCUT2D eigenvalue weighted by atomic mass is 9.99. The van der Waals surface area contributed by atoms with Crippen LogP contribution in [0.1, 0.15) is 16.7 Å². The van der Waals surface area contributed by atoms with Gasteiger partial charge in [0.1, 0.15) is 12.2 Å². The summed E-state index contributed by atoms with van der Waals surface area (Å²) in [7, 11) is 0.